The van der Waals surface area contributed by atoms with Crippen molar-refractivity contribution in [3.8, 4) is 0 Å². The van der Waals surface area contributed by atoms with E-state index in [2.05, 4.69) is 29.3 Å². The second kappa shape index (κ2) is 7.79. The highest BCUT2D eigenvalue weighted by atomic mass is 16.3. The van der Waals surface area contributed by atoms with Gasteiger partial charge in [0.1, 0.15) is 0 Å². The molecule has 4 rings (SSSR count). The van der Waals surface area contributed by atoms with Crippen LogP contribution in [0.5, 0.6) is 0 Å². The minimum atomic E-state index is -0.377. The molecule has 0 saturated carbocycles. The van der Waals surface area contributed by atoms with Gasteiger partial charge in [-0.15, -0.1) is 0 Å². The van der Waals surface area contributed by atoms with Crippen LogP contribution in [-0.2, 0) is 6.42 Å². The number of aryl methyl sites for hydroxylation is 1. The first-order valence-corrected chi connectivity index (χ1v) is 9.95. The fourth-order valence-corrected chi connectivity index (χ4v) is 4.35. The summed E-state index contributed by atoms with van der Waals surface area (Å²) in [5.41, 5.74) is 1.96. The van der Waals surface area contributed by atoms with Gasteiger partial charge < -0.3 is 10.0 Å². The molecule has 0 aliphatic carbocycles. The number of rotatable bonds is 4. The number of amides is 1. The number of aromatic nitrogens is 2. The molecule has 1 aromatic heterocycles. The molecule has 0 spiro atoms. The van der Waals surface area contributed by atoms with Crippen molar-refractivity contribution in [2.24, 2.45) is 5.41 Å². The number of aliphatic hydroxyl groups excluding tert-OH is 1. The third-order valence-corrected chi connectivity index (χ3v) is 6.01. The fourth-order valence-electron chi connectivity index (χ4n) is 4.35. The monoisotopic (exact) mass is 391 g/mol. The van der Waals surface area contributed by atoms with E-state index in [0.29, 0.717) is 23.9 Å². The Bertz CT molecular complexity index is 1110. The van der Waals surface area contributed by atoms with E-state index in [9.17, 15) is 14.7 Å². The van der Waals surface area contributed by atoms with Crippen LogP contribution < -0.4 is 5.56 Å². The van der Waals surface area contributed by atoms with E-state index in [-0.39, 0.29) is 29.2 Å². The minimum absolute atomic E-state index is 0.0188. The lowest BCUT2D eigenvalue weighted by Crippen LogP contribution is -2.49. The molecular weight excluding hydrogens is 366 g/mol. The second-order valence-electron chi connectivity index (χ2n) is 8.04. The van der Waals surface area contributed by atoms with Gasteiger partial charge in [0.25, 0.3) is 11.5 Å². The smallest absolute Gasteiger partial charge is 0.274 e. The van der Waals surface area contributed by atoms with E-state index < -0.39 is 0 Å². The molecule has 1 aliphatic rings. The number of benzene rings is 2. The van der Waals surface area contributed by atoms with Crippen LogP contribution in [0.2, 0.25) is 0 Å². The summed E-state index contributed by atoms with van der Waals surface area (Å²) in [6, 6.07) is 15.2. The van der Waals surface area contributed by atoms with Crippen LogP contribution in [0.25, 0.3) is 10.8 Å². The van der Waals surface area contributed by atoms with Gasteiger partial charge in [-0.3, -0.25) is 9.59 Å². The van der Waals surface area contributed by atoms with Gasteiger partial charge >= 0.3 is 0 Å². The molecule has 1 amide bonds. The van der Waals surface area contributed by atoms with Gasteiger partial charge in [-0.25, -0.2) is 5.10 Å². The Hall–Kier alpha value is -2.99. The number of H-pyrrole nitrogens is 1. The number of nitrogens with one attached hydrogen (secondary N) is 1. The van der Waals surface area contributed by atoms with Gasteiger partial charge in [-0.1, -0.05) is 42.5 Å². The Morgan fingerprint density at radius 1 is 1.17 bits per heavy atom. The summed E-state index contributed by atoms with van der Waals surface area (Å²) in [4.78, 5) is 27.1. The molecule has 1 aliphatic heterocycles. The van der Waals surface area contributed by atoms with Crippen molar-refractivity contribution in [3.63, 3.8) is 0 Å². The molecule has 2 heterocycles. The Kier molecular flexibility index (Phi) is 5.20. The Morgan fingerprint density at radius 3 is 2.66 bits per heavy atom. The summed E-state index contributed by atoms with van der Waals surface area (Å²) in [5, 5.41) is 17.8. The normalized spacial score (nSPS) is 19.4. The van der Waals surface area contributed by atoms with Gasteiger partial charge in [0.2, 0.25) is 0 Å². The lowest BCUT2D eigenvalue weighted by molar-refractivity contribution is 0.0268. The minimum Gasteiger partial charge on any atom is -0.396 e. The first-order chi connectivity index (χ1) is 14.0. The molecule has 6 nitrogen and oxygen atoms in total. The number of carbonyl (C=O) groups is 1. The highest BCUT2D eigenvalue weighted by molar-refractivity contribution is 6.04. The first kappa shape index (κ1) is 19.3. The van der Waals surface area contributed by atoms with Crippen molar-refractivity contribution in [2.75, 3.05) is 19.7 Å². The SMILES string of the molecule is Cc1ccccc1C[C@@]1(CO)CCCN(C(=O)c2n[nH]c(=O)c3ccccc23)C1. The van der Waals surface area contributed by atoms with Gasteiger partial charge in [0, 0.05) is 23.9 Å². The Labute approximate surface area is 169 Å². The van der Waals surface area contributed by atoms with Crippen LogP contribution in [0.1, 0.15) is 34.5 Å². The zero-order chi connectivity index (χ0) is 20.4. The molecule has 3 aromatic rings. The molecule has 1 saturated heterocycles. The summed E-state index contributed by atoms with van der Waals surface area (Å²) in [6.07, 6.45) is 2.40. The molecule has 29 heavy (non-hydrogen) atoms. The average Bonchev–Trinajstić information content (AvgIpc) is 2.76. The number of aliphatic hydroxyl groups is 1. The molecule has 6 heteroatoms. The van der Waals surface area contributed by atoms with Crippen LogP contribution in [-0.4, -0.2) is 45.8 Å². The zero-order valence-electron chi connectivity index (χ0n) is 16.5. The molecule has 0 unspecified atom stereocenters. The molecule has 0 bridgehead atoms. The van der Waals surface area contributed by atoms with E-state index in [0.717, 1.165) is 19.3 Å². The average molecular weight is 391 g/mol. The van der Waals surface area contributed by atoms with Crippen molar-refractivity contribution in [1.29, 1.82) is 0 Å². The van der Waals surface area contributed by atoms with Crippen molar-refractivity contribution < 1.29 is 9.90 Å². The second-order valence-corrected chi connectivity index (χ2v) is 8.04. The number of nitrogens with zero attached hydrogens (tertiary/aromatic N) is 2. The summed E-state index contributed by atoms with van der Waals surface area (Å²) >= 11 is 0. The van der Waals surface area contributed by atoms with Gasteiger partial charge in [0.05, 0.1) is 12.0 Å². The van der Waals surface area contributed by atoms with Gasteiger partial charge in [-0.2, -0.15) is 5.10 Å². The maximum absolute atomic E-state index is 13.3. The lowest BCUT2D eigenvalue weighted by Gasteiger charge is -2.42. The standard InChI is InChI=1S/C23H25N3O3/c1-16-7-2-3-8-17(16)13-23(15-27)11-6-12-26(14-23)22(29)20-18-9-4-5-10-19(18)21(28)25-24-20/h2-5,7-10,27H,6,11-15H2,1H3,(H,25,28)/t23-/m0/s1. The largest absolute Gasteiger partial charge is 0.396 e. The van der Waals surface area contributed by atoms with E-state index >= 15 is 0 Å². The van der Waals surface area contributed by atoms with E-state index in [1.54, 1.807) is 29.2 Å². The summed E-state index contributed by atoms with van der Waals surface area (Å²) in [7, 11) is 0. The molecule has 0 radical (unpaired) electrons. The van der Waals surface area contributed by atoms with Gasteiger partial charge in [-0.05, 0) is 43.4 Å². The Morgan fingerprint density at radius 2 is 1.90 bits per heavy atom. The summed E-state index contributed by atoms with van der Waals surface area (Å²) < 4.78 is 0. The lowest BCUT2D eigenvalue weighted by atomic mass is 9.75. The van der Waals surface area contributed by atoms with Crippen molar-refractivity contribution in [1.82, 2.24) is 15.1 Å². The fraction of sp³-hybridized carbons (Fsp3) is 0.348. The molecule has 1 atom stereocenters. The quantitative estimate of drug-likeness (QED) is 0.716. The number of carbonyl (C=O) groups excluding carboxylic acids is 1. The summed E-state index contributed by atoms with van der Waals surface area (Å²) in [5.74, 6) is -0.209. The van der Waals surface area contributed by atoms with E-state index in [4.69, 9.17) is 0 Å². The van der Waals surface area contributed by atoms with Crippen molar-refractivity contribution in [2.45, 2.75) is 26.2 Å². The maximum Gasteiger partial charge on any atom is 0.274 e. The molecule has 2 aromatic carbocycles. The third-order valence-electron chi connectivity index (χ3n) is 6.01. The van der Waals surface area contributed by atoms with Crippen molar-refractivity contribution in [3.05, 3.63) is 75.7 Å². The van der Waals surface area contributed by atoms with E-state index in [1.807, 2.05) is 12.1 Å². The predicted octanol–water partition coefficient (Wildman–Crippen LogP) is 2.69. The predicted molar refractivity (Wildman–Crippen MR) is 112 cm³/mol. The number of aromatic amines is 1. The molecule has 150 valence electrons. The topological polar surface area (TPSA) is 86.3 Å². The van der Waals surface area contributed by atoms with E-state index in [1.165, 1.54) is 11.1 Å². The van der Waals surface area contributed by atoms with Crippen LogP contribution in [0.4, 0.5) is 0 Å². The van der Waals surface area contributed by atoms with Crippen LogP contribution >= 0.6 is 0 Å². The van der Waals surface area contributed by atoms with Gasteiger partial charge in [0.15, 0.2) is 5.69 Å². The number of piperidine rings is 1. The van der Waals surface area contributed by atoms with Crippen LogP contribution in [0.3, 0.4) is 0 Å². The zero-order valence-corrected chi connectivity index (χ0v) is 16.5. The number of fused-ring (bicyclic) bond motifs is 1. The number of hydrogen-bond donors (Lipinski definition) is 2. The highest BCUT2D eigenvalue weighted by Crippen LogP contribution is 2.35. The maximum atomic E-state index is 13.3. The molecule has 2 N–H and O–H groups in total. The summed E-state index contributed by atoms with van der Waals surface area (Å²) in [6.45, 7) is 3.17. The first-order valence-electron chi connectivity index (χ1n) is 9.95. The molecular formula is C23H25N3O3. The number of hydrogen-bond acceptors (Lipinski definition) is 4. The van der Waals surface area contributed by atoms with Crippen LogP contribution in [0, 0.1) is 12.3 Å². The van der Waals surface area contributed by atoms with Crippen LogP contribution in [0.15, 0.2) is 53.3 Å². The third kappa shape index (κ3) is 3.68. The highest BCUT2D eigenvalue weighted by Gasteiger charge is 2.38. The Balaban J connectivity index is 1.64. The molecule has 1 fully saturated rings. The number of likely N-dealkylation sites (tertiary alicyclic amines) is 1. The van der Waals surface area contributed by atoms with Crippen molar-refractivity contribution >= 4 is 16.7 Å².